The predicted molar refractivity (Wildman–Crippen MR) is 106 cm³/mol. The van der Waals surface area contributed by atoms with Gasteiger partial charge in [0.15, 0.2) is 0 Å². The first-order valence-corrected chi connectivity index (χ1v) is 9.68. The van der Waals surface area contributed by atoms with Crippen molar-refractivity contribution in [2.45, 2.75) is 31.7 Å². The van der Waals surface area contributed by atoms with Gasteiger partial charge in [-0.1, -0.05) is 17.7 Å². The van der Waals surface area contributed by atoms with Crippen molar-refractivity contribution in [2.75, 3.05) is 19.6 Å². The lowest BCUT2D eigenvalue weighted by Crippen LogP contribution is -2.54. The molecule has 1 amide bonds. The van der Waals surface area contributed by atoms with Gasteiger partial charge in [-0.15, -0.1) is 0 Å². The van der Waals surface area contributed by atoms with E-state index in [2.05, 4.69) is 20.7 Å². The van der Waals surface area contributed by atoms with Crippen molar-refractivity contribution in [3.8, 4) is 11.5 Å². The lowest BCUT2D eigenvalue weighted by atomic mass is 9.87. The lowest BCUT2D eigenvalue weighted by molar-refractivity contribution is -0.131. The Morgan fingerprint density at radius 3 is 2.79 bits per heavy atom. The fourth-order valence-electron chi connectivity index (χ4n) is 3.64. The summed E-state index contributed by atoms with van der Waals surface area (Å²) in [6, 6.07) is 9.93. The maximum absolute atomic E-state index is 13.0. The molecule has 1 fully saturated rings. The maximum atomic E-state index is 13.0. The van der Waals surface area contributed by atoms with Gasteiger partial charge < -0.3 is 15.1 Å². The van der Waals surface area contributed by atoms with Gasteiger partial charge in [0.2, 0.25) is 11.8 Å². The van der Waals surface area contributed by atoms with E-state index in [1.807, 2.05) is 43.5 Å². The molecule has 0 aliphatic carbocycles. The van der Waals surface area contributed by atoms with Crippen LogP contribution >= 0.6 is 0 Å². The molecule has 3 aromatic rings. The van der Waals surface area contributed by atoms with Gasteiger partial charge in [0.25, 0.3) is 0 Å². The maximum Gasteiger partial charge on any atom is 0.248 e. The number of aromatic nitrogens is 3. The zero-order valence-corrected chi connectivity index (χ0v) is 16.0. The number of nitrogens with zero attached hydrogens (tertiary/aromatic N) is 3. The largest absolute Gasteiger partial charge is 0.444 e. The Morgan fingerprint density at radius 1 is 1.29 bits per heavy atom. The molecule has 0 spiro atoms. The number of amides is 1. The highest BCUT2D eigenvalue weighted by atomic mass is 16.3. The van der Waals surface area contributed by atoms with Crippen LogP contribution in [0.2, 0.25) is 0 Å². The zero-order valence-electron chi connectivity index (χ0n) is 16.0. The van der Waals surface area contributed by atoms with Crippen molar-refractivity contribution in [1.82, 2.24) is 25.4 Å². The molecule has 3 heterocycles. The minimum absolute atomic E-state index is 0.0138. The molecule has 0 saturated carbocycles. The number of nitrogens with one attached hydrogen (secondary N) is 2. The number of oxazole rings is 1. The Bertz CT molecular complexity index is 909. The number of carbonyl (C=O) groups is 1. The number of aryl methyl sites for hydroxylation is 1. The van der Waals surface area contributed by atoms with Crippen LogP contribution in [0.4, 0.5) is 0 Å². The molecule has 0 atom stereocenters. The van der Waals surface area contributed by atoms with Gasteiger partial charge in [0.05, 0.1) is 5.69 Å². The molecule has 2 aromatic heterocycles. The molecule has 1 aromatic carbocycles. The van der Waals surface area contributed by atoms with Gasteiger partial charge >= 0.3 is 0 Å². The second-order valence-corrected chi connectivity index (χ2v) is 7.25. The Hall–Kier alpha value is -2.93. The molecule has 1 saturated heterocycles. The van der Waals surface area contributed by atoms with E-state index in [0.29, 0.717) is 18.9 Å². The number of hydrogen-bond acceptors (Lipinski definition) is 5. The SMILES string of the molecule is Cc1ccc(-c2nc(CCNC(=O)C3(n4cccn4)CCNCC3)co2)cc1. The average Bonchev–Trinajstić information content (AvgIpc) is 3.42. The van der Waals surface area contributed by atoms with E-state index in [-0.39, 0.29) is 5.91 Å². The summed E-state index contributed by atoms with van der Waals surface area (Å²) in [6.45, 7) is 4.16. The van der Waals surface area contributed by atoms with Crippen molar-refractivity contribution < 1.29 is 9.21 Å². The van der Waals surface area contributed by atoms with Crippen LogP contribution in [0, 0.1) is 6.92 Å². The summed E-state index contributed by atoms with van der Waals surface area (Å²) in [6.07, 6.45) is 7.32. The number of rotatable bonds is 6. The lowest BCUT2D eigenvalue weighted by Gasteiger charge is -2.36. The summed E-state index contributed by atoms with van der Waals surface area (Å²) in [5, 5.41) is 10.7. The fourth-order valence-corrected chi connectivity index (χ4v) is 3.64. The Kier molecular flexibility index (Phi) is 5.25. The predicted octanol–water partition coefficient (Wildman–Crippen LogP) is 2.28. The molecular formula is C21H25N5O2. The molecule has 4 rings (SSSR count). The van der Waals surface area contributed by atoms with E-state index in [9.17, 15) is 4.79 Å². The van der Waals surface area contributed by atoms with Crippen LogP contribution in [-0.4, -0.2) is 40.3 Å². The Labute approximate surface area is 164 Å². The summed E-state index contributed by atoms with van der Waals surface area (Å²) >= 11 is 0. The first kappa shape index (κ1) is 18.4. The van der Waals surface area contributed by atoms with Gasteiger partial charge in [0, 0.05) is 30.9 Å². The van der Waals surface area contributed by atoms with Crippen molar-refractivity contribution in [2.24, 2.45) is 0 Å². The molecule has 7 nitrogen and oxygen atoms in total. The van der Waals surface area contributed by atoms with Gasteiger partial charge in [0.1, 0.15) is 11.8 Å². The molecule has 1 aliphatic rings. The first-order valence-electron chi connectivity index (χ1n) is 9.68. The van der Waals surface area contributed by atoms with E-state index < -0.39 is 5.54 Å². The Balaban J connectivity index is 1.38. The zero-order chi connectivity index (χ0) is 19.4. The smallest absolute Gasteiger partial charge is 0.248 e. The summed E-state index contributed by atoms with van der Waals surface area (Å²) in [5.41, 5.74) is 2.36. The van der Waals surface area contributed by atoms with Crippen LogP contribution < -0.4 is 10.6 Å². The number of hydrogen-bond donors (Lipinski definition) is 2. The number of piperidine rings is 1. The number of benzene rings is 1. The van der Waals surface area contributed by atoms with Crippen LogP contribution in [0.25, 0.3) is 11.5 Å². The molecule has 0 unspecified atom stereocenters. The van der Waals surface area contributed by atoms with Crippen molar-refractivity contribution in [1.29, 1.82) is 0 Å². The minimum Gasteiger partial charge on any atom is -0.444 e. The molecule has 146 valence electrons. The fraction of sp³-hybridized carbons (Fsp3) is 0.381. The summed E-state index contributed by atoms with van der Waals surface area (Å²) in [7, 11) is 0. The third-order valence-corrected chi connectivity index (χ3v) is 5.31. The van der Waals surface area contributed by atoms with E-state index in [0.717, 1.165) is 37.2 Å². The monoisotopic (exact) mass is 379 g/mol. The van der Waals surface area contributed by atoms with E-state index in [4.69, 9.17) is 4.42 Å². The third kappa shape index (κ3) is 3.71. The van der Waals surface area contributed by atoms with Crippen LogP contribution in [0.3, 0.4) is 0 Å². The van der Waals surface area contributed by atoms with Crippen molar-refractivity contribution in [3.05, 3.63) is 60.2 Å². The van der Waals surface area contributed by atoms with Crippen molar-refractivity contribution >= 4 is 5.91 Å². The minimum atomic E-state index is -0.619. The standard InChI is InChI=1S/C21H25N5O2/c1-16-3-5-17(6-4-16)19-25-18(15-28-19)7-11-23-20(27)21(8-12-22-13-9-21)26-14-2-10-24-26/h2-6,10,14-15,22H,7-9,11-13H2,1H3,(H,23,27). The highest BCUT2D eigenvalue weighted by Crippen LogP contribution is 2.27. The van der Waals surface area contributed by atoms with E-state index in [1.54, 1.807) is 17.1 Å². The van der Waals surface area contributed by atoms with Crippen LogP contribution in [0.15, 0.2) is 53.4 Å². The molecule has 1 aliphatic heterocycles. The van der Waals surface area contributed by atoms with Crippen molar-refractivity contribution in [3.63, 3.8) is 0 Å². The number of carbonyl (C=O) groups excluding carboxylic acids is 1. The summed E-state index contributed by atoms with van der Waals surface area (Å²) < 4.78 is 7.40. The van der Waals surface area contributed by atoms with E-state index >= 15 is 0 Å². The van der Waals surface area contributed by atoms with Crippen LogP contribution in [0.1, 0.15) is 24.1 Å². The molecule has 28 heavy (non-hydrogen) atoms. The topological polar surface area (TPSA) is 85.0 Å². The quantitative estimate of drug-likeness (QED) is 0.686. The van der Waals surface area contributed by atoms with E-state index in [1.165, 1.54) is 5.56 Å². The second-order valence-electron chi connectivity index (χ2n) is 7.25. The highest BCUT2D eigenvalue weighted by molar-refractivity contribution is 5.84. The molecular weight excluding hydrogens is 354 g/mol. The first-order chi connectivity index (χ1) is 13.7. The molecule has 2 N–H and O–H groups in total. The second kappa shape index (κ2) is 7.98. The Morgan fingerprint density at radius 2 is 2.07 bits per heavy atom. The normalized spacial score (nSPS) is 16.0. The molecule has 7 heteroatoms. The van der Waals surface area contributed by atoms with Gasteiger partial charge in [-0.25, -0.2) is 4.98 Å². The van der Waals surface area contributed by atoms with Gasteiger partial charge in [-0.05, 0) is 51.1 Å². The molecule has 0 bridgehead atoms. The van der Waals surface area contributed by atoms with Gasteiger partial charge in [-0.3, -0.25) is 9.48 Å². The van der Waals surface area contributed by atoms with Gasteiger partial charge in [-0.2, -0.15) is 5.10 Å². The average molecular weight is 379 g/mol. The third-order valence-electron chi connectivity index (χ3n) is 5.31. The highest BCUT2D eigenvalue weighted by Gasteiger charge is 2.41. The summed E-state index contributed by atoms with van der Waals surface area (Å²) in [4.78, 5) is 17.6. The van der Waals surface area contributed by atoms with Crippen LogP contribution in [0.5, 0.6) is 0 Å². The summed E-state index contributed by atoms with van der Waals surface area (Å²) in [5.74, 6) is 0.618. The van der Waals surface area contributed by atoms with Crippen LogP contribution in [-0.2, 0) is 16.8 Å². The molecule has 0 radical (unpaired) electrons.